The van der Waals surface area contributed by atoms with Crippen LogP contribution in [0.1, 0.15) is 46.8 Å². The topological polar surface area (TPSA) is 54.4 Å². The van der Waals surface area contributed by atoms with E-state index in [1.54, 1.807) is 12.4 Å². The summed E-state index contributed by atoms with van der Waals surface area (Å²) in [6.07, 6.45) is 5.66. The van der Waals surface area contributed by atoms with Gasteiger partial charge in [-0.05, 0) is 44.7 Å². The monoisotopic (exact) mass is 431 g/mol. The fourth-order valence-corrected chi connectivity index (χ4v) is 5.91. The standard InChI is InChI=1S/C23H29F2N5O/c1-14-10-26-11-17-19(14)27-22(31-13-23-6-4-7-29(23)12-15(24)9-23)28-21(17)30-8-3-2-5-16-18(25)20(16)30/h10-11,15-16,18,20H,2-9,12-13H2,1H3/t15-,16+,18+,20+,23+/m1/s1/i13D2. The molecular weight excluding hydrogens is 400 g/mol. The molecule has 8 heteroatoms. The van der Waals surface area contributed by atoms with Gasteiger partial charge in [0.25, 0.3) is 0 Å². The third-order valence-corrected chi connectivity index (χ3v) is 7.54. The second-order valence-corrected chi connectivity index (χ2v) is 9.56. The van der Waals surface area contributed by atoms with E-state index in [9.17, 15) is 8.78 Å². The molecule has 166 valence electrons. The van der Waals surface area contributed by atoms with Gasteiger partial charge in [-0.3, -0.25) is 9.88 Å². The number of fused-ring (bicyclic) bond motifs is 3. The summed E-state index contributed by atoms with van der Waals surface area (Å²) in [5.74, 6) is 0.562. The number of aryl methyl sites for hydroxylation is 1. The maximum Gasteiger partial charge on any atom is 0.319 e. The van der Waals surface area contributed by atoms with Crippen LogP contribution in [0.25, 0.3) is 10.9 Å². The number of anilines is 1. The summed E-state index contributed by atoms with van der Waals surface area (Å²) in [4.78, 5) is 17.4. The van der Waals surface area contributed by atoms with Crippen molar-refractivity contribution in [3.8, 4) is 6.01 Å². The Labute approximate surface area is 183 Å². The van der Waals surface area contributed by atoms with Gasteiger partial charge in [0.1, 0.15) is 24.7 Å². The first kappa shape index (κ1) is 17.5. The Morgan fingerprint density at radius 1 is 1.23 bits per heavy atom. The van der Waals surface area contributed by atoms with Gasteiger partial charge in [-0.15, -0.1) is 0 Å². The van der Waals surface area contributed by atoms with Crippen LogP contribution in [0.4, 0.5) is 14.6 Å². The lowest BCUT2D eigenvalue weighted by molar-refractivity contribution is 0.107. The largest absolute Gasteiger partial charge is 0.461 e. The van der Waals surface area contributed by atoms with Crippen LogP contribution in [0.15, 0.2) is 12.4 Å². The Bertz CT molecular complexity index is 1090. The van der Waals surface area contributed by atoms with Crippen LogP contribution in [-0.2, 0) is 0 Å². The van der Waals surface area contributed by atoms with Crippen molar-refractivity contribution >= 4 is 16.7 Å². The molecule has 31 heavy (non-hydrogen) atoms. The lowest BCUT2D eigenvalue weighted by Gasteiger charge is -2.31. The third-order valence-electron chi connectivity index (χ3n) is 7.54. The van der Waals surface area contributed by atoms with E-state index in [4.69, 9.17) is 7.48 Å². The van der Waals surface area contributed by atoms with Gasteiger partial charge in [0.05, 0.1) is 25.2 Å². The molecule has 2 aromatic heterocycles. The second kappa shape index (κ2) is 7.22. The Morgan fingerprint density at radius 2 is 2.13 bits per heavy atom. The molecule has 3 saturated heterocycles. The van der Waals surface area contributed by atoms with Crippen LogP contribution in [0.2, 0.25) is 0 Å². The minimum Gasteiger partial charge on any atom is -0.461 e. The van der Waals surface area contributed by atoms with Gasteiger partial charge in [0, 0.05) is 37.8 Å². The van der Waals surface area contributed by atoms with Gasteiger partial charge >= 0.3 is 6.01 Å². The number of rotatable bonds is 4. The molecule has 4 fully saturated rings. The van der Waals surface area contributed by atoms with Gasteiger partial charge in [-0.1, -0.05) is 6.42 Å². The van der Waals surface area contributed by atoms with E-state index >= 15 is 0 Å². The molecule has 0 spiro atoms. The van der Waals surface area contributed by atoms with Crippen molar-refractivity contribution in [2.75, 3.05) is 31.1 Å². The van der Waals surface area contributed by atoms with Crippen LogP contribution in [-0.4, -0.2) is 70.0 Å². The van der Waals surface area contributed by atoms with E-state index in [-0.39, 0.29) is 30.9 Å². The Hall–Kier alpha value is -2.09. The number of halogens is 2. The zero-order chi connectivity index (χ0) is 23.0. The summed E-state index contributed by atoms with van der Waals surface area (Å²) in [5, 5.41) is 0.716. The third kappa shape index (κ3) is 3.17. The highest BCUT2D eigenvalue weighted by molar-refractivity contribution is 5.91. The molecular formula is C23H29F2N5O. The molecule has 3 aliphatic heterocycles. The summed E-state index contributed by atoms with van der Waals surface area (Å²) in [5.41, 5.74) is 0.408. The van der Waals surface area contributed by atoms with Gasteiger partial charge in [-0.2, -0.15) is 9.97 Å². The van der Waals surface area contributed by atoms with E-state index in [1.165, 1.54) is 0 Å². The smallest absolute Gasteiger partial charge is 0.319 e. The van der Waals surface area contributed by atoms with Crippen molar-refractivity contribution in [2.24, 2.45) is 5.92 Å². The molecule has 5 atom stereocenters. The lowest BCUT2D eigenvalue weighted by atomic mass is 9.95. The molecule has 0 bridgehead atoms. The maximum absolute atomic E-state index is 14.6. The lowest BCUT2D eigenvalue weighted by Crippen LogP contribution is -2.43. The molecule has 4 aliphatic rings. The van der Waals surface area contributed by atoms with Gasteiger partial charge in [0.2, 0.25) is 0 Å². The van der Waals surface area contributed by atoms with E-state index in [1.807, 2.05) is 16.7 Å². The van der Waals surface area contributed by atoms with Crippen LogP contribution in [0.3, 0.4) is 0 Å². The number of ether oxygens (including phenoxy) is 1. The Balaban J connectivity index is 1.42. The van der Waals surface area contributed by atoms with E-state index in [0.717, 1.165) is 31.2 Å². The molecule has 0 unspecified atom stereocenters. The van der Waals surface area contributed by atoms with E-state index in [2.05, 4.69) is 15.0 Å². The normalized spacial score (nSPS) is 36.5. The van der Waals surface area contributed by atoms with E-state index in [0.29, 0.717) is 36.2 Å². The van der Waals surface area contributed by atoms with Crippen LogP contribution in [0, 0.1) is 12.8 Å². The average molecular weight is 432 g/mol. The predicted molar refractivity (Wildman–Crippen MR) is 114 cm³/mol. The molecule has 6 nitrogen and oxygen atoms in total. The van der Waals surface area contributed by atoms with Crippen molar-refractivity contribution < 1.29 is 16.3 Å². The first-order valence-electron chi connectivity index (χ1n) is 12.4. The van der Waals surface area contributed by atoms with Crippen molar-refractivity contribution in [3.63, 3.8) is 0 Å². The number of hydrogen-bond acceptors (Lipinski definition) is 6. The SMILES string of the molecule is [2H]C([2H])(Oc1nc(N2CCCC[C@H]3[C@H](F)[C@H]32)c2cncc(C)c2n1)[C@@]12CCCN1C[C@H](F)C2. The quantitative estimate of drug-likeness (QED) is 0.737. The highest BCUT2D eigenvalue weighted by Gasteiger charge is 2.55. The minimum absolute atomic E-state index is 0.0111. The number of pyridine rings is 1. The molecule has 2 aromatic rings. The zero-order valence-corrected chi connectivity index (χ0v) is 17.7. The number of aromatic nitrogens is 3. The highest BCUT2D eigenvalue weighted by atomic mass is 19.1. The molecule has 6 rings (SSSR count). The summed E-state index contributed by atoms with van der Waals surface area (Å²) in [7, 11) is 0. The molecule has 0 N–H and O–H groups in total. The second-order valence-electron chi connectivity index (χ2n) is 9.56. The average Bonchev–Trinajstić information content (AvgIpc) is 3.12. The number of alkyl halides is 2. The van der Waals surface area contributed by atoms with Crippen LogP contribution < -0.4 is 9.64 Å². The Kier molecular flexibility index (Phi) is 4.07. The van der Waals surface area contributed by atoms with Crippen molar-refractivity contribution in [1.29, 1.82) is 0 Å². The number of hydrogen-bond donors (Lipinski definition) is 0. The van der Waals surface area contributed by atoms with Crippen LogP contribution in [0.5, 0.6) is 6.01 Å². The summed E-state index contributed by atoms with van der Waals surface area (Å²) in [6, 6.07) is -0.307. The summed E-state index contributed by atoms with van der Waals surface area (Å²) in [6.45, 7) is 1.28. The molecule has 1 aliphatic carbocycles. The molecule has 1 saturated carbocycles. The minimum atomic E-state index is -2.17. The fourth-order valence-electron chi connectivity index (χ4n) is 5.91. The van der Waals surface area contributed by atoms with Crippen molar-refractivity contribution in [1.82, 2.24) is 19.9 Å². The summed E-state index contributed by atoms with van der Waals surface area (Å²) >= 11 is 0. The van der Waals surface area contributed by atoms with Crippen molar-refractivity contribution in [3.05, 3.63) is 18.0 Å². The first-order valence-corrected chi connectivity index (χ1v) is 11.4. The molecule has 0 aromatic carbocycles. The first-order chi connectivity index (χ1) is 15.8. The van der Waals surface area contributed by atoms with Gasteiger partial charge in [0.15, 0.2) is 0 Å². The zero-order valence-electron chi connectivity index (χ0n) is 19.7. The number of nitrogens with zero attached hydrogens (tertiary/aromatic N) is 5. The van der Waals surface area contributed by atoms with Gasteiger partial charge < -0.3 is 9.64 Å². The molecule has 0 amide bonds. The van der Waals surface area contributed by atoms with Crippen molar-refractivity contribution in [2.45, 2.75) is 69.4 Å². The Morgan fingerprint density at radius 3 is 3.03 bits per heavy atom. The molecule has 0 radical (unpaired) electrons. The van der Waals surface area contributed by atoms with Crippen LogP contribution >= 0.6 is 0 Å². The maximum atomic E-state index is 14.6. The van der Waals surface area contributed by atoms with E-state index < -0.39 is 24.4 Å². The van der Waals surface area contributed by atoms with Gasteiger partial charge in [-0.25, -0.2) is 8.78 Å². The predicted octanol–water partition coefficient (Wildman–Crippen LogP) is 3.62. The summed E-state index contributed by atoms with van der Waals surface area (Å²) < 4.78 is 52.5. The highest BCUT2D eigenvalue weighted by Crippen LogP contribution is 2.47. The molecule has 5 heterocycles. The fraction of sp³-hybridized carbons (Fsp3) is 0.696.